The van der Waals surface area contributed by atoms with Gasteiger partial charge in [-0.2, -0.15) is 0 Å². The van der Waals surface area contributed by atoms with E-state index in [1.807, 2.05) is 0 Å². The van der Waals surface area contributed by atoms with Gasteiger partial charge in [0.1, 0.15) is 0 Å². The van der Waals surface area contributed by atoms with Crippen LogP contribution in [0.1, 0.15) is 59.8 Å². The summed E-state index contributed by atoms with van der Waals surface area (Å²) in [5.41, 5.74) is -0.690. The minimum absolute atomic E-state index is 0.112. The van der Waals surface area contributed by atoms with E-state index >= 15 is 0 Å². The van der Waals surface area contributed by atoms with Crippen molar-refractivity contribution < 1.29 is 9.90 Å². The van der Waals surface area contributed by atoms with Crippen LogP contribution in [0, 0.1) is 16.7 Å². The third-order valence-electron chi connectivity index (χ3n) is 5.86. The predicted molar refractivity (Wildman–Crippen MR) is 85.0 cm³/mol. The van der Waals surface area contributed by atoms with Gasteiger partial charge >= 0.3 is 0 Å². The fraction of sp³-hybridized carbons (Fsp3) is 0.941. The summed E-state index contributed by atoms with van der Waals surface area (Å²) in [5, 5.41) is 17.1. The molecule has 1 aliphatic carbocycles. The van der Waals surface area contributed by atoms with E-state index in [9.17, 15) is 9.90 Å². The van der Waals surface area contributed by atoms with E-state index in [4.69, 9.17) is 0 Å². The van der Waals surface area contributed by atoms with Gasteiger partial charge in [0.15, 0.2) is 0 Å². The smallest absolute Gasteiger partial charge is 0.227 e. The van der Waals surface area contributed by atoms with Crippen LogP contribution >= 0.6 is 0 Å². The first-order valence-corrected chi connectivity index (χ1v) is 8.41. The Morgan fingerprint density at radius 2 is 1.81 bits per heavy atom. The van der Waals surface area contributed by atoms with Crippen LogP contribution in [-0.2, 0) is 4.79 Å². The second-order valence-corrected chi connectivity index (χ2v) is 8.31. The van der Waals surface area contributed by atoms with Crippen LogP contribution < -0.4 is 10.6 Å². The molecule has 2 rings (SSSR count). The minimum Gasteiger partial charge on any atom is -0.388 e. The maximum Gasteiger partial charge on any atom is 0.227 e. The number of aliphatic hydroxyl groups is 1. The Balaban J connectivity index is 1.92. The zero-order chi connectivity index (χ0) is 15.7. The average molecular weight is 296 g/mol. The molecule has 0 radical (unpaired) electrons. The van der Waals surface area contributed by atoms with E-state index in [-0.39, 0.29) is 11.3 Å². The average Bonchev–Trinajstić information content (AvgIpc) is 2.91. The largest absolute Gasteiger partial charge is 0.388 e. The van der Waals surface area contributed by atoms with Crippen molar-refractivity contribution in [1.29, 1.82) is 0 Å². The number of nitrogens with one attached hydrogen (secondary N) is 2. The van der Waals surface area contributed by atoms with Crippen molar-refractivity contribution in [2.24, 2.45) is 16.7 Å². The van der Waals surface area contributed by atoms with Gasteiger partial charge in [0, 0.05) is 13.1 Å². The fourth-order valence-corrected chi connectivity index (χ4v) is 3.65. The summed E-state index contributed by atoms with van der Waals surface area (Å²) in [6.07, 6.45) is 4.51. The first-order valence-electron chi connectivity index (χ1n) is 8.41. The highest BCUT2D eigenvalue weighted by molar-refractivity contribution is 5.83. The highest BCUT2D eigenvalue weighted by atomic mass is 16.3. The summed E-state index contributed by atoms with van der Waals surface area (Å²) in [5.74, 6) is 0.424. The van der Waals surface area contributed by atoms with Gasteiger partial charge in [-0.3, -0.25) is 4.79 Å². The van der Waals surface area contributed by atoms with Crippen LogP contribution in [0.15, 0.2) is 0 Å². The van der Waals surface area contributed by atoms with Crippen molar-refractivity contribution in [1.82, 2.24) is 10.6 Å². The van der Waals surface area contributed by atoms with Crippen molar-refractivity contribution in [2.75, 3.05) is 19.6 Å². The third-order valence-corrected chi connectivity index (χ3v) is 5.86. The predicted octanol–water partition coefficient (Wildman–Crippen LogP) is 2.07. The summed E-state index contributed by atoms with van der Waals surface area (Å²) in [4.78, 5) is 12.7. The van der Waals surface area contributed by atoms with E-state index in [1.165, 1.54) is 0 Å². The summed E-state index contributed by atoms with van der Waals surface area (Å²) in [6, 6.07) is 0. The molecule has 1 saturated carbocycles. The lowest BCUT2D eigenvalue weighted by Gasteiger charge is -2.41. The number of hydrogen-bond donors (Lipinski definition) is 3. The van der Waals surface area contributed by atoms with Gasteiger partial charge in [0.2, 0.25) is 5.91 Å². The molecular formula is C17H32N2O2. The van der Waals surface area contributed by atoms with Gasteiger partial charge in [0.25, 0.3) is 0 Å². The van der Waals surface area contributed by atoms with Crippen LogP contribution in [-0.4, -0.2) is 36.2 Å². The Morgan fingerprint density at radius 1 is 1.19 bits per heavy atom. The Bertz CT molecular complexity index is 374. The van der Waals surface area contributed by atoms with Gasteiger partial charge in [-0.1, -0.05) is 27.7 Å². The molecule has 4 heteroatoms. The molecule has 1 saturated heterocycles. The molecule has 0 bridgehead atoms. The second kappa shape index (κ2) is 5.88. The summed E-state index contributed by atoms with van der Waals surface area (Å²) < 4.78 is 0. The van der Waals surface area contributed by atoms with E-state index in [0.29, 0.717) is 17.9 Å². The number of carbonyl (C=O) groups is 1. The molecule has 4 nitrogen and oxygen atoms in total. The van der Waals surface area contributed by atoms with Crippen molar-refractivity contribution >= 4 is 5.91 Å². The monoisotopic (exact) mass is 296 g/mol. The third kappa shape index (κ3) is 3.59. The molecular weight excluding hydrogens is 264 g/mol. The molecule has 3 N–H and O–H groups in total. The zero-order valence-corrected chi connectivity index (χ0v) is 14.1. The molecule has 1 unspecified atom stereocenters. The Morgan fingerprint density at radius 3 is 2.29 bits per heavy atom. The van der Waals surface area contributed by atoms with Gasteiger partial charge < -0.3 is 15.7 Å². The first kappa shape index (κ1) is 16.8. The lowest BCUT2D eigenvalue weighted by atomic mass is 9.70. The van der Waals surface area contributed by atoms with Gasteiger partial charge in [-0.15, -0.1) is 0 Å². The van der Waals surface area contributed by atoms with Crippen LogP contribution in [0.4, 0.5) is 0 Å². The maximum atomic E-state index is 12.7. The van der Waals surface area contributed by atoms with E-state index < -0.39 is 5.60 Å². The zero-order valence-electron chi connectivity index (χ0n) is 14.1. The van der Waals surface area contributed by atoms with E-state index in [0.717, 1.165) is 45.2 Å². The molecule has 1 aliphatic heterocycles. The minimum atomic E-state index is -0.713. The molecule has 2 fully saturated rings. The maximum absolute atomic E-state index is 12.7. The highest BCUT2D eigenvalue weighted by Gasteiger charge is 2.45. The lowest BCUT2D eigenvalue weighted by Crippen LogP contribution is -2.52. The molecule has 21 heavy (non-hydrogen) atoms. The molecule has 1 heterocycles. The van der Waals surface area contributed by atoms with Gasteiger partial charge in [0.05, 0.1) is 11.0 Å². The molecule has 0 spiro atoms. The summed E-state index contributed by atoms with van der Waals surface area (Å²) >= 11 is 0. The van der Waals surface area contributed by atoms with Crippen molar-refractivity contribution in [3.8, 4) is 0 Å². The highest BCUT2D eigenvalue weighted by Crippen LogP contribution is 2.40. The fourth-order valence-electron chi connectivity index (χ4n) is 3.65. The number of amides is 1. The topological polar surface area (TPSA) is 61.4 Å². The SMILES string of the molecule is CC(C)C1(C(=O)NCC2(O)CCC(C)(C)CC2)CCNC1. The summed E-state index contributed by atoms with van der Waals surface area (Å²) in [7, 11) is 0. The van der Waals surface area contributed by atoms with E-state index in [1.54, 1.807) is 0 Å². The molecule has 0 aromatic rings. The van der Waals surface area contributed by atoms with Gasteiger partial charge in [-0.05, 0) is 50.0 Å². The number of hydrogen-bond acceptors (Lipinski definition) is 3. The Kier molecular flexibility index (Phi) is 4.69. The van der Waals surface area contributed by atoms with Gasteiger partial charge in [-0.25, -0.2) is 0 Å². The van der Waals surface area contributed by atoms with Crippen molar-refractivity contribution in [3.63, 3.8) is 0 Å². The quantitative estimate of drug-likeness (QED) is 0.744. The van der Waals surface area contributed by atoms with Crippen molar-refractivity contribution in [2.45, 2.75) is 65.4 Å². The normalized spacial score (nSPS) is 31.3. The van der Waals surface area contributed by atoms with Crippen molar-refractivity contribution in [3.05, 3.63) is 0 Å². The number of rotatable bonds is 4. The first-order chi connectivity index (χ1) is 9.69. The second-order valence-electron chi connectivity index (χ2n) is 8.31. The number of carbonyl (C=O) groups excluding carboxylic acids is 1. The molecule has 2 aliphatic rings. The lowest BCUT2D eigenvalue weighted by molar-refractivity contribution is -0.134. The van der Waals surface area contributed by atoms with Crippen LogP contribution in [0.5, 0.6) is 0 Å². The molecule has 0 aromatic carbocycles. The Labute approximate surface area is 129 Å². The van der Waals surface area contributed by atoms with Crippen LogP contribution in [0.3, 0.4) is 0 Å². The van der Waals surface area contributed by atoms with E-state index in [2.05, 4.69) is 38.3 Å². The molecule has 1 atom stereocenters. The Hall–Kier alpha value is -0.610. The summed E-state index contributed by atoms with van der Waals surface area (Å²) in [6.45, 7) is 10.8. The van der Waals surface area contributed by atoms with Crippen LogP contribution in [0.25, 0.3) is 0 Å². The van der Waals surface area contributed by atoms with Crippen LogP contribution in [0.2, 0.25) is 0 Å². The molecule has 0 aromatic heterocycles. The molecule has 1 amide bonds. The molecule has 122 valence electrons. The standard InChI is InChI=1S/C17H32N2O2/c1-13(2)17(9-10-18-12-17)14(20)19-11-16(21)7-5-15(3,4)6-8-16/h13,18,21H,5-12H2,1-4H3,(H,19,20).